The van der Waals surface area contributed by atoms with E-state index in [4.69, 9.17) is 9.47 Å². The summed E-state index contributed by atoms with van der Waals surface area (Å²) < 4.78 is 23.5. The average molecular weight is 366 g/mol. The normalized spacial score (nSPS) is 11.9. The van der Waals surface area contributed by atoms with Gasteiger partial charge in [-0.1, -0.05) is 12.1 Å². The van der Waals surface area contributed by atoms with Crippen LogP contribution < -0.4 is 20.1 Å². The third-order valence-electron chi connectivity index (χ3n) is 3.88. The fourth-order valence-corrected chi connectivity index (χ4v) is 2.52. The Bertz CT molecular complexity index is 979. The van der Waals surface area contributed by atoms with E-state index in [0.717, 1.165) is 5.56 Å². The van der Waals surface area contributed by atoms with E-state index in [1.807, 2.05) is 0 Å². The predicted molar refractivity (Wildman–Crippen MR) is 95.4 cm³/mol. The van der Waals surface area contributed by atoms with Gasteiger partial charge in [-0.25, -0.2) is 14.4 Å². The molecule has 0 unspecified atom stereocenters. The standard InChI is InChI=1S/C19H15FN4O3/c20-13-3-1-12(2-4-13)10-22-18(25)15-7-8-21-19(24-15)23-14-5-6-16-17(9-14)27-11-26-16/h1-9H,10-11H2,(H,22,25)(H,21,23,24). The quantitative estimate of drug-likeness (QED) is 0.722. The average Bonchev–Trinajstić information content (AvgIpc) is 3.15. The number of ether oxygens (including phenoxy) is 2. The van der Waals surface area contributed by atoms with Crippen molar-refractivity contribution in [2.75, 3.05) is 12.1 Å². The summed E-state index contributed by atoms with van der Waals surface area (Å²) in [4.78, 5) is 20.6. The number of hydrogen-bond donors (Lipinski definition) is 2. The first-order valence-corrected chi connectivity index (χ1v) is 8.20. The van der Waals surface area contributed by atoms with E-state index in [-0.39, 0.29) is 36.7 Å². The van der Waals surface area contributed by atoms with Crippen LogP contribution in [0.25, 0.3) is 0 Å². The molecule has 0 spiro atoms. The third kappa shape index (κ3) is 3.95. The lowest BCUT2D eigenvalue weighted by molar-refractivity contribution is 0.0946. The maximum Gasteiger partial charge on any atom is 0.270 e. The van der Waals surface area contributed by atoms with E-state index in [1.54, 1.807) is 30.3 Å². The molecule has 27 heavy (non-hydrogen) atoms. The second kappa shape index (κ2) is 7.28. The molecule has 1 aromatic heterocycles. The van der Waals surface area contributed by atoms with E-state index in [9.17, 15) is 9.18 Å². The Morgan fingerprint density at radius 1 is 1.07 bits per heavy atom. The molecule has 4 rings (SSSR count). The predicted octanol–water partition coefficient (Wildman–Crippen LogP) is 3.02. The lowest BCUT2D eigenvalue weighted by atomic mass is 10.2. The van der Waals surface area contributed by atoms with E-state index < -0.39 is 0 Å². The lowest BCUT2D eigenvalue weighted by Crippen LogP contribution is -2.24. The zero-order valence-electron chi connectivity index (χ0n) is 14.1. The molecule has 0 fully saturated rings. The van der Waals surface area contributed by atoms with Gasteiger partial charge in [-0.2, -0.15) is 0 Å². The van der Waals surface area contributed by atoms with Gasteiger partial charge in [0.25, 0.3) is 5.91 Å². The lowest BCUT2D eigenvalue weighted by Gasteiger charge is -2.08. The second-order valence-electron chi connectivity index (χ2n) is 5.77. The number of fused-ring (bicyclic) bond motifs is 1. The van der Waals surface area contributed by atoms with Crippen LogP contribution in [0.1, 0.15) is 16.1 Å². The highest BCUT2D eigenvalue weighted by Gasteiger charge is 2.14. The molecule has 0 radical (unpaired) electrons. The maximum absolute atomic E-state index is 12.9. The van der Waals surface area contributed by atoms with Crippen LogP contribution in [-0.4, -0.2) is 22.7 Å². The number of benzene rings is 2. The zero-order chi connectivity index (χ0) is 18.6. The van der Waals surface area contributed by atoms with Gasteiger partial charge in [0, 0.05) is 24.5 Å². The molecule has 136 valence electrons. The number of halogens is 1. The maximum atomic E-state index is 12.9. The summed E-state index contributed by atoms with van der Waals surface area (Å²) in [5, 5.41) is 5.77. The van der Waals surface area contributed by atoms with Crippen LogP contribution in [0.4, 0.5) is 16.0 Å². The number of amides is 1. The van der Waals surface area contributed by atoms with Gasteiger partial charge in [-0.15, -0.1) is 0 Å². The molecule has 1 amide bonds. The Morgan fingerprint density at radius 2 is 1.89 bits per heavy atom. The van der Waals surface area contributed by atoms with Crippen molar-refractivity contribution >= 4 is 17.5 Å². The summed E-state index contributed by atoms with van der Waals surface area (Å²) in [5.41, 5.74) is 1.72. The van der Waals surface area contributed by atoms with Gasteiger partial charge in [0.2, 0.25) is 12.7 Å². The second-order valence-corrected chi connectivity index (χ2v) is 5.77. The molecule has 0 aliphatic carbocycles. The Balaban J connectivity index is 1.42. The summed E-state index contributed by atoms with van der Waals surface area (Å²) in [6.45, 7) is 0.465. The fraction of sp³-hybridized carbons (Fsp3) is 0.105. The monoisotopic (exact) mass is 366 g/mol. The van der Waals surface area contributed by atoms with E-state index in [2.05, 4.69) is 20.6 Å². The van der Waals surface area contributed by atoms with Crippen LogP contribution in [0.5, 0.6) is 11.5 Å². The summed E-state index contributed by atoms with van der Waals surface area (Å²) in [6.07, 6.45) is 1.50. The van der Waals surface area contributed by atoms with Crippen molar-refractivity contribution in [1.29, 1.82) is 0 Å². The number of carbonyl (C=O) groups is 1. The third-order valence-corrected chi connectivity index (χ3v) is 3.88. The van der Waals surface area contributed by atoms with Crippen molar-refractivity contribution in [1.82, 2.24) is 15.3 Å². The molecule has 7 nitrogen and oxygen atoms in total. The van der Waals surface area contributed by atoms with Gasteiger partial charge in [0.15, 0.2) is 11.5 Å². The summed E-state index contributed by atoms with van der Waals surface area (Å²) in [7, 11) is 0. The van der Waals surface area contributed by atoms with E-state index in [1.165, 1.54) is 24.4 Å². The topological polar surface area (TPSA) is 85.4 Å². The Kier molecular flexibility index (Phi) is 4.52. The molecule has 2 N–H and O–H groups in total. The van der Waals surface area contributed by atoms with Crippen LogP contribution in [-0.2, 0) is 6.54 Å². The molecular weight excluding hydrogens is 351 g/mol. The first kappa shape index (κ1) is 16.8. The van der Waals surface area contributed by atoms with Crippen LogP contribution in [0.15, 0.2) is 54.7 Å². The van der Waals surface area contributed by atoms with Crippen molar-refractivity contribution < 1.29 is 18.7 Å². The number of aromatic nitrogens is 2. The van der Waals surface area contributed by atoms with Crippen molar-refractivity contribution in [3.8, 4) is 11.5 Å². The summed E-state index contributed by atoms with van der Waals surface area (Å²) >= 11 is 0. The molecule has 1 aliphatic rings. The fourth-order valence-electron chi connectivity index (χ4n) is 2.52. The minimum absolute atomic E-state index is 0.193. The van der Waals surface area contributed by atoms with Crippen molar-refractivity contribution in [2.45, 2.75) is 6.54 Å². The molecule has 8 heteroatoms. The SMILES string of the molecule is O=C(NCc1ccc(F)cc1)c1ccnc(Nc2ccc3c(c2)OCO3)n1. The number of nitrogens with one attached hydrogen (secondary N) is 2. The molecule has 0 atom stereocenters. The number of rotatable bonds is 5. The van der Waals surface area contributed by atoms with Crippen molar-refractivity contribution in [3.63, 3.8) is 0 Å². The first-order chi connectivity index (χ1) is 13.2. The minimum atomic E-state index is -0.351. The smallest absolute Gasteiger partial charge is 0.270 e. The molecule has 0 saturated carbocycles. The molecule has 2 heterocycles. The summed E-state index contributed by atoms with van der Waals surface area (Å²) in [5.74, 6) is 0.919. The van der Waals surface area contributed by atoms with Crippen LogP contribution in [0, 0.1) is 5.82 Å². The largest absolute Gasteiger partial charge is 0.454 e. The van der Waals surface area contributed by atoms with Gasteiger partial charge in [-0.3, -0.25) is 4.79 Å². The Hall–Kier alpha value is -3.68. The molecule has 1 aliphatic heterocycles. The highest BCUT2D eigenvalue weighted by molar-refractivity contribution is 5.92. The van der Waals surface area contributed by atoms with Gasteiger partial charge >= 0.3 is 0 Å². The Labute approximate surface area is 154 Å². The highest BCUT2D eigenvalue weighted by Crippen LogP contribution is 2.34. The number of carbonyl (C=O) groups excluding carboxylic acids is 1. The molecule has 3 aromatic rings. The van der Waals surface area contributed by atoms with Crippen molar-refractivity contribution in [2.24, 2.45) is 0 Å². The molecule has 2 aromatic carbocycles. The highest BCUT2D eigenvalue weighted by atomic mass is 19.1. The number of hydrogen-bond acceptors (Lipinski definition) is 6. The molecule has 0 saturated heterocycles. The molecule has 0 bridgehead atoms. The number of anilines is 2. The Morgan fingerprint density at radius 3 is 2.74 bits per heavy atom. The molecular formula is C19H15FN4O3. The zero-order valence-corrected chi connectivity index (χ0v) is 14.1. The van der Waals surface area contributed by atoms with E-state index >= 15 is 0 Å². The minimum Gasteiger partial charge on any atom is -0.454 e. The van der Waals surface area contributed by atoms with Crippen LogP contribution in [0.2, 0.25) is 0 Å². The van der Waals surface area contributed by atoms with Gasteiger partial charge in [0.05, 0.1) is 0 Å². The van der Waals surface area contributed by atoms with E-state index in [0.29, 0.717) is 17.2 Å². The summed E-state index contributed by atoms with van der Waals surface area (Å²) in [6, 6.07) is 12.8. The number of nitrogens with zero attached hydrogens (tertiary/aromatic N) is 2. The van der Waals surface area contributed by atoms with Gasteiger partial charge < -0.3 is 20.1 Å². The van der Waals surface area contributed by atoms with Crippen LogP contribution >= 0.6 is 0 Å². The van der Waals surface area contributed by atoms with Gasteiger partial charge in [-0.05, 0) is 35.9 Å². The van der Waals surface area contributed by atoms with Gasteiger partial charge in [0.1, 0.15) is 11.5 Å². The van der Waals surface area contributed by atoms with Crippen LogP contribution in [0.3, 0.4) is 0 Å². The first-order valence-electron chi connectivity index (χ1n) is 8.20. The van der Waals surface area contributed by atoms with Crippen molar-refractivity contribution in [3.05, 3.63) is 71.8 Å².